The number of rotatable bonds is 11. The van der Waals surface area contributed by atoms with Gasteiger partial charge in [0.2, 0.25) is 11.9 Å². The summed E-state index contributed by atoms with van der Waals surface area (Å²) >= 11 is 0. The lowest BCUT2D eigenvalue weighted by Crippen LogP contribution is -2.55. The van der Waals surface area contributed by atoms with Gasteiger partial charge in [-0.2, -0.15) is 4.98 Å². The largest absolute Gasteiger partial charge is 0.497 e. The summed E-state index contributed by atoms with van der Waals surface area (Å²) in [6.45, 7) is 10.6. The van der Waals surface area contributed by atoms with E-state index in [1.807, 2.05) is 35.0 Å². The molecule has 1 amide bonds. The number of hydrogen-bond donors (Lipinski definition) is 1. The topological polar surface area (TPSA) is 88.4 Å². The standard InChI is InChI=1S/C28H39N7O2/c1-5-6-12-33-14-15-35(26-17-25(21(2)3)31-28(32-26)34-13-11-29-20-34)23(19-33)16-27(36)30-18-22-7-9-24(37-4)10-8-22/h7-11,13,17,20-21,23H,5-6,12,14-16,18-19H2,1-4H3,(H,30,36). The number of benzene rings is 1. The van der Waals surface area contributed by atoms with Crippen LogP contribution < -0.4 is 15.0 Å². The zero-order valence-corrected chi connectivity index (χ0v) is 22.4. The highest BCUT2D eigenvalue weighted by atomic mass is 16.5. The van der Waals surface area contributed by atoms with Gasteiger partial charge < -0.3 is 15.0 Å². The maximum Gasteiger partial charge on any atom is 0.237 e. The zero-order valence-electron chi connectivity index (χ0n) is 22.4. The van der Waals surface area contributed by atoms with Crippen LogP contribution in [0.25, 0.3) is 5.95 Å². The van der Waals surface area contributed by atoms with Crippen molar-refractivity contribution < 1.29 is 9.53 Å². The Kier molecular flexibility index (Phi) is 9.11. The maximum atomic E-state index is 13.1. The van der Waals surface area contributed by atoms with E-state index in [1.165, 1.54) is 0 Å². The molecule has 1 saturated heterocycles. The van der Waals surface area contributed by atoms with Crippen LogP contribution in [0.15, 0.2) is 49.1 Å². The van der Waals surface area contributed by atoms with E-state index >= 15 is 0 Å². The lowest BCUT2D eigenvalue weighted by Gasteiger charge is -2.42. The number of nitrogens with one attached hydrogen (secondary N) is 1. The van der Waals surface area contributed by atoms with Crippen molar-refractivity contribution in [1.82, 2.24) is 29.7 Å². The highest BCUT2D eigenvalue weighted by Crippen LogP contribution is 2.25. The van der Waals surface area contributed by atoms with Crippen LogP contribution >= 0.6 is 0 Å². The first-order chi connectivity index (χ1) is 18.0. The third-order valence-electron chi connectivity index (χ3n) is 6.81. The summed E-state index contributed by atoms with van der Waals surface area (Å²) in [5, 5.41) is 3.11. The summed E-state index contributed by atoms with van der Waals surface area (Å²) in [5.74, 6) is 2.57. The smallest absolute Gasteiger partial charge is 0.237 e. The molecule has 1 aromatic carbocycles. The second-order valence-corrected chi connectivity index (χ2v) is 9.91. The third kappa shape index (κ3) is 7.07. The second-order valence-electron chi connectivity index (χ2n) is 9.91. The van der Waals surface area contributed by atoms with Crippen molar-refractivity contribution in [3.8, 4) is 11.7 Å². The summed E-state index contributed by atoms with van der Waals surface area (Å²) < 4.78 is 7.07. The number of imidazole rings is 1. The molecule has 0 aliphatic carbocycles. The number of nitrogens with zero attached hydrogens (tertiary/aromatic N) is 6. The Balaban J connectivity index is 1.53. The van der Waals surface area contributed by atoms with Gasteiger partial charge in [-0.25, -0.2) is 9.97 Å². The van der Waals surface area contributed by atoms with Gasteiger partial charge in [-0.15, -0.1) is 0 Å². The molecule has 1 atom stereocenters. The molecule has 37 heavy (non-hydrogen) atoms. The maximum absolute atomic E-state index is 13.1. The molecule has 1 unspecified atom stereocenters. The number of carbonyl (C=O) groups excluding carboxylic acids is 1. The van der Waals surface area contributed by atoms with Crippen molar-refractivity contribution >= 4 is 11.7 Å². The normalized spacial score (nSPS) is 16.2. The van der Waals surface area contributed by atoms with Gasteiger partial charge in [0.05, 0.1) is 18.8 Å². The van der Waals surface area contributed by atoms with Gasteiger partial charge in [-0.3, -0.25) is 14.3 Å². The molecule has 2 aromatic heterocycles. The Morgan fingerprint density at radius 3 is 2.68 bits per heavy atom. The molecule has 1 aliphatic heterocycles. The van der Waals surface area contributed by atoms with Crippen molar-refractivity contribution in [2.24, 2.45) is 0 Å². The predicted octanol–water partition coefficient (Wildman–Crippen LogP) is 3.79. The fraction of sp³-hybridized carbons (Fsp3) is 0.500. The zero-order chi connectivity index (χ0) is 26.2. The highest BCUT2D eigenvalue weighted by Gasteiger charge is 2.30. The number of anilines is 1. The van der Waals surface area contributed by atoms with Crippen LogP contribution in [-0.2, 0) is 11.3 Å². The molecule has 198 valence electrons. The van der Waals surface area contributed by atoms with E-state index in [9.17, 15) is 4.79 Å². The molecule has 1 N–H and O–H groups in total. The Labute approximate surface area is 219 Å². The summed E-state index contributed by atoms with van der Waals surface area (Å²) in [4.78, 5) is 31.7. The minimum Gasteiger partial charge on any atom is -0.497 e. The van der Waals surface area contributed by atoms with E-state index in [-0.39, 0.29) is 17.9 Å². The molecule has 1 fully saturated rings. The van der Waals surface area contributed by atoms with E-state index in [4.69, 9.17) is 14.7 Å². The van der Waals surface area contributed by atoms with Gasteiger partial charge >= 0.3 is 0 Å². The molecular weight excluding hydrogens is 466 g/mol. The number of hydrogen-bond acceptors (Lipinski definition) is 7. The van der Waals surface area contributed by atoms with E-state index in [0.717, 1.165) is 61.8 Å². The van der Waals surface area contributed by atoms with Crippen LogP contribution in [0.1, 0.15) is 57.2 Å². The van der Waals surface area contributed by atoms with E-state index < -0.39 is 0 Å². The third-order valence-corrected chi connectivity index (χ3v) is 6.81. The number of methoxy groups -OCH3 is 1. The Hall–Kier alpha value is -3.46. The fourth-order valence-electron chi connectivity index (χ4n) is 4.59. The molecule has 0 saturated carbocycles. The molecule has 9 nitrogen and oxygen atoms in total. The molecule has 1 aliphatic rings. The van der Waals surface area contributed by atoms with Crippen molar-refractivity contribution in [3.05, 3.63) is 60.3 Å². The molecule has 0 spiro atoms. The lowest BCUT2D eigenvalue weighted by molar-refractivity contribution is -0.121. The van der Waals surface area contributed by atoms with Crippen LogP contribution in [0, 0.1) is 0 Å². The summed E-state index contributed by atoms with van der Waals surface area (Å²) in [5.41, 5.74) is 2.02. The summed E-state index contributed by atoms with van der Waals surface area (Å²) in [6.07, 6.45) is 8.02. The van der Waals surface area contributed by atoms with Crippen LogP contribution in [0.3, 0.4) is 0 Å². The van der Waals surface area contributed by atoms with Crippen molar-refractivity contribution in [2.45, 2.75) is 58.5 Å². The average Bonchev–Trinajstić information content (AvgIpc) is 3.46. The number of carbonyl (C=O) groups is 1. The van der Waals surface area contributed by atoms with Gasteiger partial charge in [-0.1, -0.05) is 39.3 Å². The van der Waals surface area contributed by atoms with E-state index in [1.54, 1.807) is 19.6 Å². The van der Waals surface area contributed by atoms with Crippen LogP contribution in [0.4, 0.5) is 5.82 Å². The number of ether oxygens (including phenoxy) is 1. The summed E-state index contributed by atoms with van der Waals surface area (Å²) in [7, 11) is 1.65. The first-order valence-electron chi connectivity index (χ1n) is 13.2. The van der Waals surface area contributed by atoms with E-state index in [0.29, 0.717) is 18.9 Å². The van der Waals surface area contributed by atoms with Crippen LogP contribution in [0.2, 0.25) is 0 Å². The molecule has 0 radical (unpaired) electrons. The molecule has 3 aromatic rings. The fourth-order valence-corrected chi connectivity index (χ4v) is 4.59. The van der Waals surface area contributed by atoms with E-state index in [2.05, 4.69) is 46.9 Å². The Morgan fingerprint density at radius 1 is 1.19 bits per heavy atom. The van der Waals surface area contributed by atoms with Gasteiger partial charge in [-0.05, 0) is 36.6 Å². The second kappa shape index (κ2) is 12.7. The van der Waals surface area contributed by atoms with Gasteiger partial charge in [0, 0.05) is 51.1 Å². The molecule has 0 bridgehead atoms. The minimum absolute atomic E-state index is 0.0204. The molecular formula is C28H39N7O2. The quantitative estimate of drug-likeness (QED) is 0.424. The van der Waals surface area contributed by atoms with Crippen LogP contribution in [-0.4, -0.2) is 69.7 Å². The number of unbranched alkanes of at least 4 members (excludes halogenated alkanes) is 1. The predicted molar refractivity (Wildman–Crippen MR) is 145 cm³/mol. The van der Waals surface area contributed by atoms with Gasteiger partial charge in [0.25, 0.3) is 0 Å². The van der Waals surface area contributed by atoms with Crippen molar-refractivity contribution in [1.29, 1.82) is 0 Å². The van der Waals surface area contributed by atoms with Gasteiger partial charge in [0.1, 0.15) is 17.9 Å². The van der Waals surface area contributed by atoms with Gasteiger partial charge in [0.15, 0.2) is 0 Å². The number of piperazine rings is 1. The average molecular weight is 506 g/mol. The first kappa shape index (κ1) is 26.6. The monoisotopic (exact) mass is 505 g/mol. The lowest BCUT2D eigenvalue weighted by atomic mass is 10.1. The highest BCUT2D eigenvalue weighted by molar-refractivity contribution is 5.77. The SMILES string of the molecule is CCCCN1CCN(c2cc(C(C)C)nc(-n3ccnc3)n2)C(CC(=O)NCc2ccc(OC)cc2)C1. The van der Waals surface area contributed by atoms with Crippen molar-refractivity contribution in [2.75, 3.05) is 38.2 Å². The van der Waals surface area contributed by atoms with Crippen molar-refractivity contribution in [3.63, 3.8) is 0 Å². The molecule has 9 heteroatoms. The minimum atomic E-state index is 0.0204. The van der Waals surface area contributed by atoms with Crippen LogP contribution in [0.5, 0.6) is 5.75 Å². The summed E-state index contributed by atoms with van der Waals surface area (Å²) in [6, 6.07) is 9.88. The molecule has 3 heterocycles. The number of aromatic nitrogens is 4. The number of amides is 1. The Morgan fingerprint density at radius 2 is 2.00 bits per heavy atom. The molecule has 4 rings (SSSR count). The first-order valence-corrected chi connectivity index (χ1v) is 13.2. The Bertz CT molecular complexity index is 1130.